The van der Waals surface area contributed by atoms with Crippen molar-refractivity contribution in [1.82, 2.24) is 14.9 Å². The van der Waals surface area contributed by atoms with Gasteiger partial charge in [0.05, 0.1) is 17.4 Å². The van der Waals surface area contributed by atoms with Gasteiger partial charge in [-0.05, 0) is 43.7 Å². The molecule has 154 valence electrons. The summed E-state index contributed by atoms with van der Waals surface area (Å²) in [6.45, 7) is 0. The Morgan fingerprint density at radius 3 is 2.83 bits per heavy atom. The Kier molecular flexibility index (Phi) is 5.06. The van der Waals surface area contributed by atoms with Crippen LogP contribution in [0, 0.1) is 5.92 Å². The SMILES string of the molecule is CN=CC(=CN)Nc1nccc(C2=CC3CCC(C2)N3C(=O)C(F)(F)C2CC2)n1. The van der Waals surface area contributed by atoms with Crippen molar-refractivity contribution in [2.24, 2.45) is 16.6 Å². The van der Waals surface area contributed by atoms with Gasteiger partial charge in [-0.3, -0.25) is 9.79 Å². The van der Waals surface area contributed by atoms with E-state index in [1.165, 1.54) is 11.1 Å². The smallest absolute Gasteiger partial charge is 0.327 e. The third-order valence-electron chi connectivity index (χ3n) is 5.69. The lowest BCUT2D eigenvalue weighted by molar-refractivity contribution is -0.163. The van der Waals surface area contributed by atoms with E-state index in [1.54, 1.807) is 25.5 Å². The number of fused-ring (bicyclic) bond motifs is 2. The molecule has 1 aliphatic carbocycles. The second-order valence-electron chi connectivity index (χ2n) is 7.70. The normalized spacial score (nSPS) is 24.7. The van der Waals surface area contributed by atoms with Crippen LogP contribution in [0.5, 0.6) is 0 Å². The monoisotopic (exact) mass is 402 g/mol. The topological polar surface area (TPSA) is 96.5 Å². The molecule has 1 saturated carbocycles. The zero-order valence-corrected chi connectivity index (χ0v) is 16.2. The lowest BCUT2D eigenvalue weighted by atomic mass is 9.97. The number of hydrogen-bond donors (Lipinski definition) is 2. The number of aromatic nitrogens is 2. The molecule has 29 heavy (non-hydrogen) atoms. The third-order valence-corrected chi connectivity index (χ3v) is 5.69. The summed E-state index contributed by atoms with van der Waals surface area (Å²) in [5.41, 5.74) is 7.77. The third kappa shape index (κ3) is 3.73. The molecule has 2 bridgehead atoms. The number of nitrogens with zero attached hydrogens (tertiary/aromatic N) is 4. The fourth-order valence-electron chi connectivity index (χ4n) is 4.11. The zero-order chi connectivity index (χ0) is 20.6. The molecule has 2 fully saturated rings. The summed E-state index contributed by atoms with van der Waals surface area (Å²) in [6, 6.07) is 1.26. The summed E-state index contributed by atoms with van der Waals surface area (Å²) in [5.74, 6) is -4.67. The maximum Gasteiger partial charge on any atom is 0.327 e. The molecule has 0 aromatic carbocycles. The molecule has 2 unspecified atom stereocenters. The first-order valence-corrected chi connectivity index (χ1v) is 9.79. The molecule has 3 N–H and O–H groups in total. The van der Waals surface area contributed by atoms with Crippen molar-refractivity contribution in [1.29, 1.82) is 0 Å². The Hall–Kier alpha value is -2.84. The van der Waals surface area contributed by atoms with Gasteiger partial charge in [0.2, 0.25) is 5.95 Å². The lowest BCUT2D eigenvalue weighted by Crippen LogP contribution is -2.51. The highest BCUT2D eigenvalue weighted by atomic mass is 19.3. The summed E-state index contributed by atoms with van der Waals surface area (Å²) in [7, 11) is 1.63. The van der Waals surface area contributed by atoms with E-state index in [9.17, 15) is 13.6 Å². The zero-order valence-electron chi connectivity index (χ0n) is 16.2. The predicted molar refractivity (Wildman–Crippen MR) is 106 cm³/mol. The van der Waals surface area contributed by atoms with E-state index < -0.39 is 17.7 Å². The van der Waals surface area contributed by atoms with Crippen LogP contribution in [-0.4, -0.2) is 52.0 Å². The van der Waals surface area contributed by atoms with Crippen molar-refractivity contribution in [2.75, 3.05) is 12.4 Å². The maximum absolute atomic E-state index is 14.4. The molecule has 2 aliphatic heterocycles. The Morgan fingerprint density at radius 2 is 2.17 bits per heavy atom. The van der Waals surface area contributed by atoms with Crippen molar-refractivity contribution in [3.63, 3.8) is 0 Å². The molecular formula is C20H24F2N6O. The molecule has 1 aromatic heterocycles. The Morgan fingerprint density at radius 1 is 1.38 bits per heavy atom. The van der Waals surface area contributed by atoms with E-state index in [0.717, 1.165) is 12.0 Å². The second-order valence-corrected chi connectivity index (χ2v) is 7.70. The summed E-state index contributed by atoms with van der Waals surface area (Å²) in [5, 5.41) is 2.99. The lowest BCUT2D eigenvalue weighted by Gasteiger charge is -2.36. The Balaban J connectivity index is 1.54. The first-order valence-electron chi connectivity index (χ1n) is 9.79. The number of alkyl halides is 2. The number of amides is 1. The van der Waals surface area contributed by atoms with Crippen molar-refractivity contribution in [3.05, 3.63) is 35.9 Å². The van der Waals surface area contributed by atoms with E-state index in [4.69, 9.17) is 5.73 Å². The molecule has 0 radical (unpaired) electrons. The van der Waals surface area contributed by atoms with Gasteiger partial charge in [0.1, 0.15) is 0 Å². The van der Waals surface area contributed by atoms with Crippen LogP contribution in [-0.2, 0) is 4.79 Å². The number of carbonyl (C=O) groups excluding carboxylic acids is 1. The summed E-state index contributed by atoms with van der Waals surface area (Å²) in [6.07, 6.45) is 9.25. The van der Waals surface area contributed by atoms with Crippen LogP contribution in [0.25, 0.3) is 5.57 Å². The van der Waals surface area contributed by atoms with Gasteiger partial charge in [0.25, 0.3) is 5.91 Å². The molecule has 0 spiro atoms. The second kappa shape index (κ2) is 7.53. The van der Waals surface area contributed by atoms with Crippen molar-refractivity contribution in [2.45, 2.75) is 50.1 Å². The highest BCUT2D eigenvalue weighted by Gasteiger charge is 2.57. The molecule has 4 rings (SSSR count). The van der Waals surface area contributed by atoms with Gasteiger partial charge >= 0.3 is 5.92 Å². The predicted octanol–water partition coefficient (Wildman–Crippen LogP) is 2.58. The van der Waals surface area contributed by atoms with Crippen LogP contribution < -0.4 is 11.1 Å². The minimum atomic E-state index is -3.25. The van der Waals surface area contributed by atoms with Gasteiger partial charge in [-0.15, -0.1) is 0 Å². The molecule has 7 nitrogen and oxygen atoms in total. The van der Waals surface area contributed by atoms with Gasteiger partial charge in [0, 0.05) is 37.6 Å². The number of halogens is 2. The molecule has 9 heteroatoms. The number of anilines is 1. The Bertz CT molecular complexity index is 893. The minimum absolute atomic E-state index is 0.213. The van der Waals surface area contributed by atoms with E-state index in [-0.39, 0.29) is 12.1 Å². The van der Waals surface area contributed by atoms with Crippen LogP contribution in [0.4, 0.5) is 14.7 Å². The number of nitrogens with two attached hydrogens (primary N) is 1. The van der Waals surface area contributed by atoms with E-state index in [1.807, 2.05) is 6.08 Å². The van der Waals surface area contributed by atoms with Gasteiger partial charge in [-0.2, -0.15) is 8.78 Å². The average Bonchev–Trinajstić information content (AvgIpc) is 3.53. The molecule has 1 amide bonds. The molecule has 3 heterocycles. The highest BCUT2D eigenvalue weighted by molar-refractivity contribution is 5.86. The minimum Gasteiger partial charge on any atom is -0.403 e. The van der Waals surface area contributed by atoms with E-state index >= 15 is 0 Å². The van der Waals surface area contributed by atoms with Crippen LogP contribution in [0.15, 0.2) is 35.2 Å². The quantitative estimate of drug-likeness (QED) is 0.713. The molecule has 2 atom stereocenters. The number of carbonyl (C=O) groups is 1. The van der Waals surface area contributed by atoms with E-state index in [0.29, 0.717) is 43.0 Å². The van der Waals surface area contributed by atoms with Gasteiger partial charge in [-0.1, -0.05) is 6.08 Å². The van der Waals surface area contributed by atoms with Crippen LogP contribution in [0.1, 0.15) is 37.8 Å². The fourth-order valence-corrected chi connectivity index (χ4v) is 4.11. The average molecular weight is 402 g/mol. The van der Waals surface area contributed by atoms with Crippen molar-refractivity contribution < 1.29 is 13.6 Å². The van der Waals surface area contributed by atoms with Crippen LogP contribution >= 0.6 is 0 Å². The number of rotatable bonds is 6. The van der Waals surface area contributed by atoms with Gasteiger partial charge in [-0.25, -0.2) is 9.97 Å². The fraction of sp³-hybridized carbons (Fsp3) is 0.500. The van der Waals surface area contributed by atoms with Gasteiger partial charge in [0.15, 0.2) is 0 Å². The number of aliphatic imine (C=N–C) groups is 1. The summed E-state index contributed by atoms with van der Waals surface area (Å²) >= 11 is 0. The van der Waals surface area contributed by atoms with Crippen LogP contribution in [0.3, 0.4) is 0 Å². The van der Waals surface area contributed by atoms with Crippen molar-refractivity contribution >= 4 is 23.6 Å². The largest absolute Gasteiger partial charge is 0.403 e. The number of allylic oxidation sites excluding steroid dienone is 1. The standard InChI is InChI=1S/C20H24F2N6O/c1-24-11-14(10-23)26-19-25-7-6-17(27-19)12-8-15-4-5-16(9-12)28(15)18(29)20(21,22)13-2-3-13/h6-8,10-11,13,15-16H,2-5,9,23H2,1H3,(H,25,26,27). The number of hydrogen-bond acceptors (Lipinski definition) is 6. The molecule has 3 aliphatic rings. The first-order chi connectivity index (χ1) is 13.9. The van der Waals surface area contributed by atoms with Gasteiger partial charge < -0.3 is 16.0 Å². The number of nitrogens with one attached hydrogen (secondary N) is 1. The van der Waals surface area contributed by atoms with Crippen molar-refractivity contribution in [3.8, 4) is 0 Å². The first kappa shape index (κ1) is 19.5. The Labute approximate surface area is 167 Å². The molecule has 1 saturated heterocycles. The summed E-state index contributed by atoms with van der Waals surface area (Å²) in [4.78, 5) is 26.6. The summed E-state index contributed by atoms with van der Waals surface area (Å²) < 4.78 is 28.8. The highest BCUT2D eigenvalue weighted by Crippen LogP contribution is 2.47. The van der Waals surface area contributed by atoms with E-state index in [2.05, 4.69) is 20.3 Å². The molecular weight excluding hydrogens is 378 g/mol. The maximum atomic E-state index is 14.4. The molecule has 1 aromatic rings. The van der Waals surface area contributed by atoms with Crippen LogP contribution in [0.2, 0.25) is 0 Å².